The van der Waals surface area contributed by atoms with Crippen molar-refractivity contribution in [1.82, 2.24) is 0 Å². The van der Waals surface area contributed by atoms with Gasteiger partial charge in [0.15, 0.2) is 0 Å². The van der Waals surface area contributed by atoms with Crippen molar-refractivity contribution in [2.45, 2.75) is 38.9 Å². The lowest BCUT2D eigenvalue weighted by atomic mass is 10.1. The first-order valence-corrected chi connectivity index (χ1v) is 14.4. The zero-order valence-corrected chi connectivity index (χ0v) is 24.7. The molecular weight excluding hydrogens is 560 g/mol. The molecule has 2 N–H and O–H groups in total. The Kier molecular flexibility index (Phi) is 11.8. The minimum Gasteiger partial charge on any atom is -0.449 e. The average molecular weight is 597 g/mol. The lowest BCUT2D eigenvalue weighted by Crippen LogP contribution is -2.16. The number of carbonyl (C=O) groups is 3. The summed E-state index contributed by atoms with van der Waals surface area (Å²) >= 11 is 0. The van der Waals surface area contributed by atoms with Gasteiger partial charge in [0.25, 0.3) is 0 Å². The number of carbonyl (C=O) groups excluding carboxylic acids is 3. The molecule has 9 heteroatoms. The Hall–Kier alpha value is -5.31. The summed E-state index contributed by atoms with van der Waals surface area (Å²) < 4.78 is 21.5. The zero-order valence-electron chi connectivity index (χ0n) is 24.7. The van der Waals surface area contributed by atoms with Crippen molar-refractivity contribution < 1.29 is 33.3 Å². The van der Waals surface area contributed by atoms with Crippen molar-refractivity contribution in [2.24, 2.45) is 0 Å². The number of ether oxygens (including phenoxy) is 4. The molecule has 4 aromatic carbocycles. The molecule has 4 aromatic rings. The average Bonchev–Trinajstić information content (AvgIpc) is 3.02. The van der Waals surface area contributed by atoms with E-state index in [2.05, 4.69) is 10.6 Å². The van der Waals surface area contributed by atoms with Gasteiger partial charge in [0.1, 0.15) is 12.2 Å². The van der Waals surface area contributed by atoms with E-state index in [9.17, 15) is 14.4 Å². The fraction of sp³-hybridized carbons (Fsp3) is 0.229. The highest BCUT2D eigenvalue weighted by Crippen LogP contribution is 2.25. The molecule has 44 heavy (non-hydrogen) atoms. The molecule has 0 fully saturated rings. The maximum Gasteiger partial charge on any atom is 0.509 e. The molecule has 0 aliphatic rings. The van der Waals surface area contributed by atoms with Gasteiger partial charge in [0, 0.05) is 24.2 Å². The topological polar surface area (TPSA) is 112 Å². The van der Waals surface area contributed by atoms with E-state index in [1.54, 1.807) is 62.4 Å². The van der Waals surface area contributed by atoms with E-state index in [1.807, 2.05) is 60.7 Å². The lowest BCUT2D eigenvalue weighted by Gasteiger charge is -2.18. The smallest absolute Gasteiger partial charge is 0.449 e. The number of hydrogen-bond acceptors (Lipinski definition) is 7. The van der Waals surface area contributed by atoms with Gasteiger partial charge in [-0.25, -0.2) is 14.4 Å². The van der Waals surface area contributed by atoms with Crippen molar-refractivity contribution >= 4 is 29.7 Å². The van der Waals surface area contributed by atoms with Crippen LogP contribution in [0.1, 0.15) is 48.3 Å². The van der Waals surface area contributed by atoms with Crippen LogP contribution in [0.15, 0.2) is 109 Å². The number of benzene rings is 4. The summed E-state index contributed by atoms with van der Waals surface area (Å²) in [6, 6.07) is 33.4. The largest absolute Gasteiger partial charge is 0.509 e. The quantitative estimate of drug-likeness (QED) is 0.125. The van der Waals surface area contributed by atoms with Gasteiger partial charge in [0.05, 0.1) is 13.2 Å². The van der Waals surface area contributed by atoms with Crippen LogP contribution in [-0.4, -0.2) is 31.6 Å². The zero-order chi connectivity index (χ0) is 31.1. The third-order valence-electron chi connectivity index (χ3n) is 6.68. The Labute approximate surface area is 257 Å². The second-order valence-electron chi connectivity index (χ2n) is 10.0. The van der Waals surface area contributed by atoms with Gasteiger partial charge < -0.3 is 18.9 Å². The standard InChI is InChI=1S/C35H36N2O7/c1-25(29-15-9-17-31(23-29)36-33(38)41-21-19-27-11-5-3-6-12-27)43-35(40)44-26(2)30-16-10-18-32(24-30)37-34(39)42-22-20-28-13-7-4-8-14-28/h3-18,23-26H,19-22H2,1-2H3,(H,36,38)(H,37,39). The number of anilines is 2. The molecule has 0 heterocycles. The molecule has 2 atom stereocenters. The highest BCUT2D eigenvalue weighted by molar-refractivity contribution is 5.85. The van der Waals surface area contributed by atoms with Gasteiger partial charge in [-0.15, -0.1) is 0 Å². The summed E-state index contributed by atoms with van der Waals surface area (Å²) in [6.45, 7) is 3.90. The van der Waals surface area contributed by atoms with Crippen LogP contribution in [0.4, 0.5) is 25.8 Å². The fourth-order valence-corrected chi connectivity index (χ4v) is 4.31. The first-order chi connectivity index (χ1) is 21.4. The molecule has 0 aliphatic carbocycles. The van der Waals surface area contributed by atoms with Gasteiger partial charge in [-0.1, -0.05) is 84.9 Å². The summed E-state index contributed by atoms with van der Waals surface area (Å²) in [5.74, 6) is 0. The van der Waals surface area contributed by atoms with Crippen molar-refractivity contribution in [3.63, 3.8) is 0 Å². The molecule has 228 valence electrons. The second kappa shape index (κ2) is 16.4. The molecule has 0 spiro atoms. The van der Waals surface area contributed by atoms with E-state index in [0.717, 1.165) is 11.1 Å². The Bertz CT molecular complexity index is 1400. The molecule has 4 rings (SSSR count). The van der Waals surface area contributed by atoms with Crippen LogP contribution in [0.5, 0.6) is 0 Å². The van der Waals surface area contributed by atoms with Crippen LogP contribution >= 0.6 is 0 Å². The van der Waals surface area contributed by atoms with Crippen LogP contribution in [-0.2, 0) is 31.8 Å². The maximum absolute atomic E-state index is 12.6. The Morgan fingerprint density at radius 3 is 1.39 bits per heavy atom. The van der Waals surface area contributed by atoms with Gasteiger partial charge in [-0.3, -0.25) is 10.6 Å². The SMILES string of the molecule is CC(OC(=O)OC(C)c1cccc(NC(=O)OCCc2ccccc2)c1)c1cccc(NC(=O)OCCc2ccccc2)c1. The van der Waals surface area contributed by atoms with Crippen LogP contribution in [0.3, 0.4) is 0 Å². The monoisotopic (exact) mass is 596 g/mol. The highest BCUT2D eigenvalue weighted by atomic mass is 16.7. The summed E-state index contributed by atoms with van der Waals surface area (Å²) in [5, 5.41) is 5.39. The van der Waals surface area contributed by atoms with Crippen LogP contribution in [0.2, 0.25) is 0 Å². The molecule has 0 bridgehead atoms. The summed E-state index contributed by atoms with van der Waals surface area (Å²) in [4.78, 5) is 37.0. The minimum absolute atomic E-state index is 0.247. The highest BCUT2D eigenvalue weighted by Gasteiger charge is 2.18. The van der Waals surface area contributed by atoms with E-state index in [0.29, 0.717) is 35.3 Å². The Balaban J connectivity index is 1.21. The summed E-state index contributed by atoms with van der Waals surface area (Å²) in [6.07, 6.45) is -2.07. The third-order valence-corrected chi connectivity index (χ3v) is 6.68. The van der Waals surface area contributed by atoms with Gasteiger partial charge in [0.2, 0.25) is 0 Å². The Morgan fingerprint density at radius 2 is 0.977 bits per heavy atom. The van der Waals surface area contributed by atoms with Gasteiger partial charge in [-0.2, -0.15) is 0 Å². The number of amides is 2. The molecule has 0 saturated heterocycles. The molecule has 2 amide bonds. The maximum atomic E-state index is 12.6. The lowest BCUT2D eigenvalue weighted by molar-refractivity contribution is 0.00625. The minimum atomic E-state index is -0.859. The van der Waals surface area contributed by atoms with Crippen molar-refractivity contribution in [3.8, 4) is 0 Å². The van der Waals surface area contributed by atoms with E-state index in [4.69, 9.17) is 18.9 Å². The van der Waals surface area contributed by atoms with E-state index < -0.39 is 30.5 Å². The van der Waals surface area contributed by atoms with E-state index >= 15 is 0 Å². The molecular formula is C35H36N2O7. The van der Waals surface area contributed by atoms with Crippen molar-refractivity contribution in [1.29, 1.82) is 0 Å². The summed E-state index contributed by atoms with van der Waals surface area (Å²) in [7, 11) is 0. The van der Waals surface area contributed by atoms with Crippen LogP contribution in [0.25, 0.3) is 0 Å². The third kappa shape index (κ3) is 10.5. The molecule has 0 radical (unpaired) electrons. The van der Waals surface area contributed by atoms with Crippen molar-refractivity contribution in [2.75, 3.05) is 23.8 Å². The first-order valence-electron chi connectivity index (χ1n) is 14.4. The number of nitrogens with one attached hydrogen (secondary N) is 2. The molecule has 9 nitrogen and oxygen atoms in total. The van der Waals surface area contributed by atoms with Crippen LogP contribution in [0, 0.1) is 0 Å². The van der Waals surface area contributed by atoms with Crippen LogP contribution < -0.4 is 10.6 Å². The molecule has 0 aromatic heterocycles. The number of rotatable bonds is 12. The normalized spacial score (nSPS) is 11.9. The number of hydrogen-bond donors (Lipinski definition) is 2. The van der Waals surface area contributed by atoms with E-state index in [1.165, 1.54) is 0 Å². The van der Waals surface area contributed by atoms with Crippen molar-refractivity contribution in [3.05, 3.63) is 131 Å². The predicted molar refractivity (Wildman–Crippen MR) is 168 cm³/mol. The van der Waals surface area contributed by atoms with E-state index in [-0.39, 0.29) is 13.2 Å². The first kappa shape index (κ1) is 31.6. The molecule has 0 aliphatic heterocycles. The second-order valence-corrected chi connectivity index (χ2v) is 10.0. The molecule has 2 unspecified atom stereocenters. The van der Waals surface area contributed by atoms with Gasteiger partial charge >= 0.3 is 18.3 Å². The molecule has 0 saturated carbocycles. The summed E-state index contributed by atoms with van der Waals surface area (Å²) in [5.41, 5.74) is 4.49. The predicted octanol–water partition coefficient (Wildman–Crippen LogP) is 8.24. The van der Waals surface area contributed by atoms with Gasteiger partial charge in [-0.05, 0) is 60.4 Å². The Morgan fingerprint density at radius 1 is 0.568 bits per heavy atom. The fourth-order valence-electron chi connectivity index (χ4n) is 4.31.